The summed E-state index contributed by atoms with van der Waals surface area (Å²) >= 11 is 0. The third-order valence-electron chi connectivity index (χ3n) is 2.18. The molecule has 0 aromatic carbocycles. The highest BCUT2D eigenvalue weighted by molar-refractivity contribution is 5.65. The summed E-state index contributed by atoms with van der Waals surface area (Å²) in [5, 5.41) is 11.4. The lowest BCUT2D eigenvalue weighted by Gasteiger charge is -2.32. The summed E-state index contributed by atoms with van der Waals surface area (Å²) in [6.45, 7) is 0.405. The number of alkyl halides is 1. The highest BCUT2D eigenvalue weighted by atomic mass is 19.1. The maximum atomic E-state index is 13.1. The quantitative estimate of drug-likeness (QED) is 0.604. The van der Waals surface area contributed by atoms with Crippen LogP contribution in [0.15, 0.2) is 0 Å². The number of piperidine rings is 1. The standard InChI is InChI=1S/C7H13FN2O2/c1-9-6-2-3-10(7(11)12)4-5(6)8/h5-6,9H,2-4H2,1H3,(H,11,12). The fourth-order valence-electron chi connectivity index (χ4n) is 1.40. The average Bonchev–Trinajstić information content (AvgIpc) is 2.04. The molecule has 0 aliphatic carbocycles. The lowest BCUT2D eigenvalue weighted by Crippen LogP contribution is -2.51. The molecular formula is C7H13FN2O2. The second-order valence-corrected chi connectivity index (χ2v) is 2.93. The first-order valence-corrected chi connectivity index (χ1v) is 3.94. The number of nitrogens with one attached hydrogen (secondary N) is 1. The van der Waals surface area contributed by atoms with Gasteiger partial charge in [-0.15, -0.1) is 0 Å². The van der Waals surface area contributed by atoms with E-state index in [1.807, 2.05) is 0 Å². The maximum absolute atomic E-state index is 13.1. The Balaban J connectivity index is 2.46. The van der Waals surface area contributed by atoms with E-state index in [1.54, 1.807) is 7.05 Å². The molecule has 70 valence electrons. The van der Waals surface area contributed by atoms with Crippen LogP contribution in [0.3, 0.4) is 0 Å². The molecule has 1 fully saturated rings. The molecule has 1 rings (SSSR count). The van der Waals surface area contributed by atoms with Crippen LogP contribution in [0, 0.1) is 0 Å². The zero-order valence-electron chi connectivity index (χ0n) is 6.96. The van der Waals surface area contributed by atoms with E-state index in [0.717, 1.165) is 4.90 Å². The molecule has 5 heteroatoms. The zero-order valence-corrected chi connectivity index (χ0v) is 6.96. The van der Waals surface area contributed by atoms with Crippen LogP contribution in [-0.2, 0) is 0 Å². The monoisotopic (exact) mass is 176 g/mol. The number of hydrogen-bond donors (Lipinski definition) is 2. The largest absolute Gasteiger partial charge is 0.465 e. The second kappa shape index (κ2) is 3.71. The predicted molar refractivity (Wildman–Crippen MR) is 42.0 cm³/mol. The highest BCUT2D eigenvalue weighted by Crippen LogP contribution is 2.13. The Morgan fingerprint density at radius 1 is 1.75 bits per heavy atom. The van der Waals surface area contributed by atoms with E-state index in [-0.39, 0.29) is 12.6 Å². The molecule has 0 radical (unpaired) electrons. The molecule has 1 aliphatic rings. The van der Waals surface area contributed by atoms with Gasteiger partial charge in [-0.1, -0.05) is 0 Å². The Hall–Kier alpha value is -0.840. The fourth-order valence-corrected chi connectivity index (χ4v) is 1.40. The van der Waals surface area contributed by atoms with Gasteiger partial charge in [-0.05, 0) is 13.5 Å². The SMILES string of the molecule is CNC1CCN(C(=O)O)CC1F. The summed E-state index contributed by atoms with van der Waals surface area (Å²) in [7, 11) is 1.69. The molecule has 1 aliphatic heterocycles. The molecular weight excluding hydrogens is 163 g/mol. The number of nitrogens with zero attached hydrogens (tertiary/aromatic N) is 1. The van der Waals surface area contributed by atoms with E-state index in [1.165, 1.54) is 0 Å². The van der Waals surface area contributed by atoms with Crippen LogP contribution < -0.4 is 5.32 Å². The van der Waals surface area contributed by atoms with Crippen LogP contribution >= 0.6 is 0 Å². The number of amides is 1. The molecule has 2 N–H and O–H groups in total. The van der Waals surface area contributed by atoms with Crippen LogP contribution in [0.2, 0.25) is 0 Å². The van der Waals surface area contributed by atoms with Crippen molar-refractivity contribution in [2.45, 2.75) is 18.6 Å². The van der Waals surface area contributed by atoms with Crippen LogP contribution in [-0.4, -0.2) is 48.5 Å². The van der Waals surface area contributed by atoms with Crippen molar-refractivity contribution in [1.29, 1.82) is 0 Å². The smallest absolute Gasteiger partial charge is 0.407 e. The van der Waals surface area contributed by atoms with Gasteiger partial charge in [-0.3, -0.25) is 0 Å². The van der Waals surface area contributed by atoms with Gasteiger partial charge in [-0.25, -0.2) is 9.18 Å². The van der Waals surface area contributed by atoms with Gasteiger partial charge < -0.3 is 15.3 Å². The molecule has 0 saturated carbocycles. The van der Waals surface area contributed by atoms with Gasteiger partial charge in [0.1, 0.15) is 6.17 Å². The summed E-state index contributed by atoms with van der Waals surface area (Å²) in [5.74, 6) is 0. The summed E-state index contributed by atoms with van der Waals surface area (Å²) in [6.07, 6.45) is -1.57. The van der Waals surface area contributed by atoms with Crippen molar-refractivity contribution in [2.75, 3.05) is 20.1 Å². The lowest BCUT2D eigenvalue weighted by atomic mass is 10.0. The van der Waals surface area contributed by atoms with E-state index in [9.17, 15) is 9.18 Å². The molecule has 1 saturated heterocycles. The number of halogens is 1. The number of likely N-dealkylation sites (tertiary alicyclic amines) is 1. The first kappa shape index (κ1) is 9.25. The predicted octanol–water partition coefficient (Wildman–Crippen LogP) is 0.296. The Kier molecular flexibility index (Phi) is 2.86. The van der Waals surface area contributed by atoms with Crippen molar-refractivity contribution in [3.05, 3.63) is 0 Å². The van der Waals surface area contributed by atoms with Gasteiger partial charge in [0, 0.05) is 12.6 Å². The fraction of sp³-hybridized carbons (Fsp3) is 0.857. The molecule has 12 heavy (non-hydrogen) atoms. The van der Waals surface area contributed by atoms with E-state index >= 15 is 0 Å². The molecule has 4 nitrogen and oxygen atoms in total. The minimum absolute atomic E-state index is 0.0131. The first-order chi connectivity index (χ1) is 5.65. The minimum Gasteiger partial charge on any atom is -0.465 e. The maximum Gasteiger partial charge on any atom is 0.407 e. The Morgan fingerprint density at radius 2 is 2.42 bits per heavy atom. The van der Waals surface area contributed by atoms with Gasteiger partial charge in [0.05, 0.1) is 6.54 Å². The van der Waals surface area contributed by atoms with E-state index < -0.39 is 12.3 Å². The van der Waals surface area contributed by atoms with Crippen molar-refractivity contribution in [3.63, 3.8) is 0 Å². The molecule has 0 spiro atoms. The molecule has 0 aromatic rings. The van der Waals surface area contributed by atoms with Crippen molar-refractivity contribution in [2.24, 2.45) is 0 Å². The third kappa shape index (κ3) is 1.85. The van der Waals surface area contributed by atoms with Crippen molar-refractivity contribution < 1.29 is 14.3 Å². The van der Waals surface area contributed by atoms with Crippen LogP contribution in [0.1, 0.15) is 6.42 Å². The molecule has 1 amide bonds. The van der Waals surface area contributed by atoms with Crippen molar-refractivity contribution in [1.82, 2.24) is 10.2 Å². The van der Waals surface area contributed by atoms with Crippen LogP contribution in [0.4, 0.5) is 9.18 Å². The summed E-state index contributed by atoms with van der Waals surface area (Å²) < 4.78 is 13.1. The third-order valence-corrected chi connectivity index (χ3v) is 2.18. The van der Waals surface area contributed by atoms with Gasteiger partial charge in [-0.2, -0.15) is 0 Å². The van der Waals surface area contributed by atoms with E-state index in [4.69, 9.17) is 5.11 Å². The van der Waals surface area contributed by atoms with Crippen molar-refractivity contribution >= 4 is 6.09 Å². The van der Waals surface area contributed by atoms with E-state index in [2.05, 4.69) is 5.32 Å². The summed E-state index contributed by atoms with van der Waals surface area (Å²) in [6, 6.07) is -0.194. The number of carbonyl (C=O) groups is 1. The average molecular weight is 176 g/mol. The zero-order chi connectivity index (χ0) is 9.14. The lowest BCUT2D eigenvalue weighted by molar-refractivity contribution is 0.0906. The van der Waals surface area contributed by atoms with E-state index in [0.29, 0.717) is 13.0 Å². The molecule has 2 unspecified atom stereocenters. The minimum atomic E-state index is -1.08. The number of hydrogen-bond acceptors (Lipinski definition) is 2. The van der Waals surface area contributed by atoms with Gasteiger partial charge in [0.2, 0.25) is 0 Å². The summed E-state index contributed by atoms with van der Waals surface area (Å²) in [5.41, 5.74) is 0. The normalized spacial score (nSPS) is 30.3. The van der Waals surface area contributed by atoms with Gasteiger partial charge >= 0.3 is 6.09 Å². The molecule has 1 heterocycles. The Morgan fingerprint density at radius 3 is 2.83 bits per heavy atom. The van der Waals surface area contributed by atoms with Crippen molar-refractivity contribution in [3.8, 4) is 0 Å². The topological polar surface area (TPSA) is 52.6 Å². The second-order valence-electron chi connectivity index (χ2n) is 2.93. The Bertz CT molecular complexity index is 177. The van der Waals surface area contributed by atoms with Crippen LogP contribution in [0.5, 0.6) is 0 Å². The summed E-state index contributed by atoms with van der Waals surface area (Å²) in [4.78, 5) is 11.5. The highest BCUT2D eigenvalue weighted by Gasteiger charge is 2.29. The molecule has 2 atom stereocenters. The molecule has 0 aromatic heterocycles. The first-order valence-electron chi connectivity index (χ1n) is 3.94. The van der Waals surface area contributed by atoms with Gasteiger partial charge in [0.25, 0.3) is 0 Å². The van der Waals surface area contributed by atoms with Crippen LogP contribution in [0.25, 0.3) is 0 Å². The van der Waals surface area contributed by atoms with Gasteiger partial charge in [0.15, 0.2) is 0 Å². The Labute approximate surface area is 70.4 Å². The number of rotatable bonds is 1. The number of carboxylic acid groups (broad SMARTS) is 1. The molecule has 0 bridgehead atoms.